The van der Waals surface area contributed by atoms with E-state index in [1.165, 1.54) is 32.9 Å². The number of nitrogens with zero attached hydrogens (tertiary/aromatic N) is 1. The SMILES string of the molecule is C=CCc1ccc2c(c1)c1cc(CC(CC)NC(C)=O)ccc1n2C. The molecule has 1 unspecified atom stereocenters. The van der Waals surface area contributed by atoms with Gasteiger partial charge in [0.1, 0.15) is 0 Å². The predicted octanol–water partition coefficient (Wildman–Crippen LogP) is 4.52. The maximum Gasteiger partial charge on any atom is 0.217 e. The van der Waals surface area contributed by atoms with Crippen LogP contribution in [0.15, 0.2) is 49.1 Å². The summed E-state index contributed by atoms with van der Waals surface area (Å²) in [7, 11) is 2.11. The van der Waals surface area contributed by atoms with Crippen molar-refractivity contribution in [3.05, 3.63) is 60.2 Å². The molecular formula is C22H26N2O. The minimum absolute atomic E-state index is 0.0344. The van der Waals surface area contributed by atoms with Crippen molar-refractivity contribution < 1.29 is 4.79 Å². The zero-order chi connectivity index (χ0) is 18.0. The van der Waals surface area contributed by atoms with E-state index in [0.717, 1.165) is 19.3 Å². The molecule has 0 radical (unpaired) electrons. The number of fused-ring (bicyclic) bond motifs is 3. The summed E-state index contributed by atoms with van der Waals surface area (Å²) in [4.78, 5) is 11.4. The molecule has 1 aromatic heterocycles. The van der Waals surface area contributed by atoms with Gasteiger partial charge in [0.15, 0.2) is 0 Å². The molecule has 3 aromatic rings. The first-order valence-corrected chi connectivity index (χ1v) is 8.91. The fourth-order valence-corrected chi connectivity index (χ4v) is 3.60. The molecule has 1 N–H and O–H groups in total. The van der Waals surface area contributed by atoms with Crippen LogP contribution in [0, 0.1) is 0 Å². The molecule has 0 saturated heterocycles. The van der Waals surface area contributed by atoms with Crippen LogP contribution in [0.4, 0.5) is 0 Å². The maximum atomic E-state index is 11.4. The van der Waals surface area contributed by atoms with Crippen molar-refractivity contribution in [1.29, 1.82) is 0 Å². The first-order valence-electron chi connectivity index (χ1n) is 8.91. The predicted molar refractivity (Wildman–Crippen MR) is 106 cm³/mol. The van der Waals surface area contributed by atoms with Crippen LogP contribution in [-0.2, 0) is 24.7 Å². The maximum absolute atomic E-state index is 11.4. The second-order valence-electron chi connectivity index (χ2n) is 6.76. The van der Waals surface area contributed by atoms with Crippen LogP contribution < -0.4 is 5.32 Å². The van der Waals surface area contributed by atoms with Crippen molar-refractivity contribution in [3.8, 4) is 0 Å². The van der Waals surface area contributed by atoms with Crippen molar-refractivity contribution in [3.63, 3.8) is 0 Å². The van der Waals surface area contributed by atoms with E-state index in [-0.39, 0.29) is 11.9 Å². The van der Waals surface area contributed by atoms with E-state index in [1.807, 2.05) is 6.08 Å². The van der Waals surface area contributed by atoms with Gasteiger partial charge < -0.3 is 9.88 Å². The van der Waals surface area contributed by atoms with Crippen molar-refractivity contribution in [1.82, 2.24) is 9.88 Å². The fraction of sp³-hybridized carbons (Fsp3) is 0.318. The Morgan fingerprint density at radius 1 is 1.16 bits per heavy atom. The van der Waals surface area contributed by atoms with Gasteiger partial charge in [-0.15, -0.1) is 6.58 Å². The van der Waals surface area contributed by atoms with E-state index in [4.69, 9.17) is 0 Å². The Morgan fingerprint density at radius 3 is 2.32 bits per heavy atom. The molecule has 130 valence electrons. The lowest BCUT2D eigenvalue weighted by Gasteiger charge is -2.16. The van der Waals surface area contributed by atoms with Crippen LogP contribution in [0.1, 0.15) is 31.4 Å². The minimum atomic E-state index is 0.0344. The smallest absolute Gasteiger partial charge is 0.217 e. The van der Waals surface area contributed by atoms with Crippen LogP contribution in [0.3, 0.4) is 0 Å². The molecule has 1 heterocycles. The number of nitrogens with one attached hydrogen (secondary N) is 1. The molecule has 25 heavy (non-hydrogen) atoms. The minimum Gasteiger partial charge on any atom is -0.353 e. The van der Waals surface area contributed by atoms with Gasteiger partial charge >= 0.3 is 0 Å². The van der Waals surface area contributed by atoms with Gasteiger partial charge in [-0.05, 0) is 54.7 Å². The number of aryl methyl sites for hydroxylation is 1. The molecule has 0 aliphatic carbocycles. The third-order valence-corrected chi connectivity index (χ3v) is 4.90. The van der Waals surface area contributed by atoms with Gasteiger partial charge in [-0.25, -0.2) is 0 Å². The molecule has 3 rings (SSSR count). The summed E-state index contributed by atoms with van der Waals surface area (Å²) in [5.41, 5.74) is 5.02. The first-order chi connectivity index (χ1) is 12.0. The van der Waals surface area contributed by atoms with Crippen molar-refractivity contribution >= 4 is 27.7 Å². The normalized spacial score (nSPS) is 12.4. The second kappa shape index (κ2) is 7.14. The average molecular weight is 334 g/mol. The second-order valence-corrected chi connectivity index (χ2v) is 6.76. The van der Waals surface area contributed by atoms with E-state index < -0.39 is 0 Å². The fourth-order valence-electron chi connectivity index (χ4n) is 3.60. The highest BCUT2D eigenvalue weighted by atomic mass is 16.1. The topological polar surface area (TPSA) is 34.0 Å². The number of carbonyl (C=O) groups is 1. The van der Waals surface area contributed by atoms with Gasteiger partial charge in [0.05, 0.1) is 0 Å². The number of aromatic nitrogens is 1. The van der Waals surface area contributed by atoms with E-state index >= 15 is 0 Å². The van der Waals surface area contributed by atoms with Crippen molar-refractivity contribution in [2.75, 3.05) is 0 Å². The highest BCUT2D eigenvalue weighted by molar-refractivity contribution is 6.08. The summed E-state index contributed by atoms with van der Waals surface area (Å²) in [5.74, 6) is 0.0344. The van der Waals surface area contributed by atoms with E-state index in [9.17, 15) is 4.79 Å². The molecule has 1 atom stereocenters. The van der Waals surface area contributed by atoms with Gasteiger partial charge in [0.25, 0.3) is 0 Å². The quantitative estimate of drug-likeness (QED) is 0.661. The zero-order valence-electron chi connectivity index (χ0n) is 15.3. The zero-order valence-corrected chi connectivity index (χ0v) is 15.3. The summed E-state index contributed by atoms with van der Waals surface area (Å²) in [6, 6.07) is 13.5. The van der Waals surface area contributed by atoms with Crippen molar-refractivity contribution in [2.45, 2.75) is 39.2 Å². The lowest BCUT2D eigenvalue weighted by molar-refractivity contribution is -0.119. The number of hydrogen-bond acceptors (Lipinski definition) is 1. The van der Waals surface area contributed by atoms with Gasteiger partial charge in [-0.2, -0.15) is 0 Å². The number of allylic oxidation sites excluding steroid dienone is 1. The summed E-state index contributed by atoms with van der Waals surface area (Å²) in [6.07, 6.45) is 4.61. The van der Waals surface area contributed by atoms with Crippen LogP contribution in [0.2, 0.25) is 0 Å². The molecule has 0 spiro atoms. The number of hydrogen-bond donors (Lipinski definition) is 1. The number of rotatable bonds is 6. The Bertz CT molecular complexity index is 936. The third-order valence-electron chi connectivity index (χ3n) is 4.90. The number of benzene rings is 2. The molecule has 0 fully saturated rings. The van der Waals surface area contributed by atoms with Gasteiger partial charge in [0.2, 0.25) is 5.91 Å². The largest absolute Gasteiger partial charge is 0.353 e. The highest BCUT2D eigenvalue weighted by Crippen LogP contribution is 2.30. The van der Waals surface area contributed by atoms with Crippen LogP contribution in [-0.4, -0.2) is 16.5 Å². The molecule has 1 amide bonds. The van der Waals surface area contributed by atoms with E-state index in [1.54, 1.807) is 6.92 Å². The third kappa shape index (κ3) is 3.46. The van der Waals surface area contributed by atoms with Crippen LogP contribution in [0.25, 0.3) is 21.8 Å². The number of carbonyl (C=O) groups excluding carboxylic acids is 1. The molecule has 3 heteroatoms. The van der Waals surface area contributed by atoms with Crippen LogP contribution in [0.5, 0.6) is 0 Å². The summed E-state index contributed by atoms with van der Waals surface area (Å²) in [5, 5.41) is 5.60. The summed E-state index contributed by atoms with van der Waals surface area (Å²) >= 11 is 0. The molecule has 3 nitrogen and oxygen atoms in total. The molecule has 2 aromatic carbocycles. The average Bonchev–Trinajstić information content (AvgIpc) is 2.86. The molecule has 0 aliphatic rings. The Morgan fingerprint density at radius 2 is 1.76 bits per heavy atom. The van der Waals surface area contributed by atoms with Gasteiger partial charge in [-0.1, -0.05) is 25.1 Å². The highest BCUT2D eigenvalue weighted by Gasteiger charge is 2.12. The Labute approximate surface area is 149 Å². The first kappa shape index (κ1) is 17.3. The summed E-state index contributed by atoms with van der Waals surface area (Å²) < 4.78 is 2.25. The molecule has 0 bridgehead atoms. The van der Waals surface area contributed by atoms with Gasteiger partial charge in [0, 0.05) is 41.8 Å². The van der Waals surface area contributed by atoms with Gasteiger partial charge in [-0.3, -0.25) is 4.79 Å². The molecule has 0 saturated carbocycles. The van der Waals surface area contributed by atoms with E-state index in [0.29, 0.717) is 0 Å². The summed E-state index contributed by atoms with van der Waals surface area (Å²) in [6.45, 7) is 7.53. The monoisotopic (exact) mass is 334 g/mol. The standard InChI is InChI=1S/C22H26N2O/c1-5-7-16-8-10-21-19(13-16)20-14-17(9-11-22(20)24(21)4)12-18(6-2)23-15(3)25/h5,8-11,13-14,18H,1,6-7,12H2,2-4H3,(H,23,25). The Balaban J connectivity index is 2.05. The van der Waals surface area contributed by atoms with Crippen LogP contribution >= 0.6 is 0 Å². The number of amides is 1. The molecular weight excluding hydrogens is 308 g/mol. The van der Waals surface area contributed by atoms with Crippen molar-refractivity contribution in [2.24, 2.45) is 7.05 Å². The Hall–Kier alpha value is -2.55. The Kier molecular flexibility index (Phi) is 4.93. The lowest BCUT2D eigenvalue weighted by atomic mass is 10.0. The lowest BCUT2D eigenvalue weighted by Crippen LogP contribution is -2.34. The molecule has 0 aliphatic heterocycles. The van der Waals surface area contributed by atoms with E-state index in [2.05, 4.69) is 66.8 Å².